The van der Waals surface area contributed by atoms with Gasteiger partial charge in [-0.15, -0.1) is 0 Å². The number of fused-ring (bicyclic) bond motifs is 3. The number of hydrogen-bond acceptors (Lipinski definition) is 3. The van der Waals surface area contributed by atoms with Gasteiger partial charge in [0.1, 0.15) is 11.3 Å². The molecule has 0 amide bonds. The van der Waals surface area contributed by atoms with Crippen LogP contribution in [-0.4, -0.2) is 14.5 Å². The van der Waals surface area contributed by atoms with Gasteiger partial charge >= 0.3 is 0 Å². The lowest BCUT2D eigenvalue weighted by atomic mass is 10.2. The molecule has 2 N–H and O–H groups in total. The standard InChI is InChI=1S/C12H12N4.C2H6.CH4/c1-7-14-10-11(16(7)2)8-5-3-4-6-9(8)15-12(10)13;1-2;/h3-6H,1-2H3,(H2,13,15);1-2H3;1H4. The Morgan fingerprint density at radius 1 is 1.11 bits per heavy atom. The van der Waals surface area contributed by atoms with E-state index < -0.39 is 0 Å². The molecule has 0 aliphatic carbocycles. The summed E-state index contributed by atoms with van der Waals surface area (Å²) >= 11 is 0. The Hall–Kier alpha value is -2.10. The summed E-state index contributed by atoms with van der Waals surface area (Å²) in [6, 6.07) is 7.98. The van der Waals surface area contributed by atoms with Gasteiger partial charge in [-0.05, 0) is 13.0 Å². The summed E-state index contributed by atoms with van der Waals surface area (Å²) < 4.78 is 2.05. The first-order valence-corrected chi connectivity index (χ1v) is 6.15. The number of rotatable bonds is 0. The predicted molar refractivity (Wildman–Crippen MR) is 83.2 cm³/mol. The molecule has 0 spiro atoms. The molecule has 4 nitrogen and oxygen atoms in total. The number of benzene rings is 1. The highest BCUT2D eigenvalue weighted by Crippen LogP contribution is 2.27. The van der Waals surface area contributed by atoms with Crippen LogP contribution < -0.4 is 5.73 Å². The molecule has 1 aromatic carbocycles. The highest BCUT2D eigenvalue weighted by atomic mass is 15.1. The van der Waals surface area contributed by atoms with Crippen molar-refractivity contribution >= 4 is 27.8 Å². The molecule has 2 heterocycles. The number of hydrogen-bond donors (Lipinski definition) is 1. The largest absolute Gasteiger partial charge is 0.382 e. The van der Waals surface area contributed by atoms with Gasteiger partial charge in [-0.25, -0.2) is 9.97 Å². The Balaban J connectivity index is 0.000000576. The average Bonchev–Trinajstić information content (AvgIpc) is 2.70. The molecule has 3 rings (SSSR count). The van der Waals surface area contributed by atoms with E-state index in [2.05, 4.69) is 14.5 Å². The van der Waals surface area contributed by atoms with Crippen LogP contribution in [0.3, 0.4) is 0 Å². The first kappa shape index (κ1) is 15.0. The minimum absolute atomic E-state index is 0. The maximum absolute atomic E-state index is 5.92. The molecule has 0 unspecified atom stereocenters. The van der Waals surface area contributed by atoms with Crippen LogP contribution >= 0.6 is 0 Å². The number of nitrogens with two attached hydrogens (primary N) is 1. The van der Waals surface area contributed by atoms with Crippen LogP contribution in [0.15, 0.2) is 24.3 Å². The Bertz CT molecular complexity index is 698. The maximum atomic E-state index is 5.92. The molecular weight excluding hydrogens is 236 g/mol. The maximum Gasteiger partial charge on any atom is 0.152 e. The zero-order chi connectivity index (χ0) is 13.3. The van der Waals surface area contributed by atoms with Crippen molar-refractivity contribution in [2.45, 2.75) is 28.2 Å². The molecule has 102 valence electrons. The first-order valence-electron chi connectivity index (χ1n) is 6.15. The fourth-order valence-corrected chi connectivity index (χ4v) is 2.05. The molecule has 0 saturated heterocycles. The SMILES string of the molecule is C.CC.Cc1nc2c(N)nc3ccccc3c2n1C. The van der Waals surface area contributed by atoms with E-state index in [0.29, 0.717) is 5.82 Å². The van der Waals surface area contributed by atoms with Gasteiger partial charge in [0.05, 0.1) is 11.0 Å². The zero-order valence-electron chi connectivity index (χ0n) is 11.2. The number of aromatic nitrogens is 3. The van der Waals surface area contributed by atoms with E-state index in [-0.39, 0.29) is 7.43 Å². The summed E-state index contributed by atoms with van der Waals surface area (Å²) in [6.45, 7) is 5.97. The Morgan fingerprint density at radius 2 is 1.74 bits per heavy atom. The number of para-hydroxylation sites is 1. The van der Waals surface area contributed by atoms with Gasteiger partial charge in [0.15, 0.2) is 5.82 Å². The van der Waals surface area contributed by atoms with Gasteiger partial charge in [-0.3, -0.25) is 0 Å². The second kappa shape index (κ2) is 5.69. The Labute approximate surface area is 114 Å². The van der Waals surface area contributed by atoms with Crippen LogP contribution in [0.1, 0.15) is 27.1 Å². The zero-order valence-corrected chi connectivity index (χ0v) is 11.2. The highest BCUT2D eigenvalue weighted by molar-refractivity contribution is 6.06. The third kappa shape index (κ3) is 2.26. The molecule has 0 saturated carbocycles. The number of aryl methyl sites for hydroxylation is 2. The molecule has 19 heavy (non-hydrogen) atoms. The van der Waals surface area contributed by atoms with Crippen molar-refractivity contribution < 1.29 is 0 Å². The van der Waals surface area contributed by atoms with Crippen LogP contribution in [0, 0.1) is 6.92 Å². The van der Waals surface area contributed by atoms with Crippen LogP contribution in [-0.2, 0) is 7.05 Å². The monoisotopic (exact) mass is 258 g/mol. The van der Waals surface area contributed by atoms with Crippen molar-refractivity contribution in [3.63, 3.8) is 0 Å². The van der Waals surface area contributed by atoms with Crippen molar-refractivity contribution in [1.82, 2.24) is 14.5 Å². The summed E-state index contributed by atoms with van der Waals surface area (Å²) in [7, 11) is 2.00. The lowest BCUT2D eigenvalue weighted by Crippen LogP contribution is -1.95. The second-order valence-corrected chi connectivity index (χ2v) is 3.93. The predicted octanol–water partition coefficient (Wildman–Crippen LogP) is 3.67. The number of nitrogens with zero attached hydrogens (tertiary/aromatic N) is 3. The smallest absolute Gasteiger partial charge is 0.152 e. The van der Waals surface area contributed by atoms with E-state index in [4.69, 9.17) is 5.73 Å². The minimum atomic E-state index is 0. The second-order valence-electron chi connectivity index (χ2n) is 3.93. The summed E-state index contributed by atoms with van der Waals surface area (Å²) in [5.41, 5.74) is 8.68. The van der Waals surface area contributed by atoms with E-state index in [1.807, 2.05) is 52.1 Å². The average molecular weight is 258 g/mol. The molecule has 0 fully saturated rings. The van der Waals surface area contributed by atoms with Crippen LogP contribution in [0.5, 0.6) is 0 Å². The van der Waals surface area contributed by atoms with Gasteiger partial charge < -0.3 is 10.3 Å². The fraction of sp³-hybridized carbons (Fsp3) is 0.333. The first-order chi connectivity index (χ1) is 8.68. The number of pyridine rings is 1. The van der Waals surface area contributed by atoms with Crippen molar-refractivity contribution in [3.05, 3.63) is 30.1 Å². The van der Waals surface area contributed by atoms with E-state index >= 15 is 0 Å². The number of anilines is 1. The number of nitrogen functional groups attached to an aromatic ring is 1. The van der Waals surface area contributed by atoms with E-state index in [9.17, 15) is 0 Å². The Kier molecular flexibility index (Phi) is 4.48. The molecule has 4 heteroatoms. The van der Waals surface area contributed by atoms with Crippen LogP contribution in [0.4, 0.5) is 5.82 Å². The quantitative estimate of drug-likeness (QED) is 0.669. The molecule has 0 bridgehead atoms. The molecule has 0 aliphatic rings. The molecule has 0 atom stereocenters. The molecule has 2 aromatic heterocycles. The van der Waals surface area contributed by atoms with E-state index in [0.717, 1.165) is 27.8 Å². The fourth-order valence-electron chi connectivity index (χ4n) is 2.05. The van der Waals surface area contributed by atoms with Crippen LogP contribution in [0.2, 0.25) is 0 Å². The number of imidazole rings is 1. The van der Waals surface area contributed by atoms with Crippen molar-refractivity contribution in [2.24, 2.45) is 7.05 Å². The summed E-state index contributed by atoms with van der Waals surface area (Å²) in [4.78, 5) is 8.80. The molecule has 3 aromatic rings. The van der Waals surface area contributed by atoms with Crippen LogP contribution in [0.25, 0.3) is 21.9 Å². The lowest BCUT2D eigenvalue weighted by Gasteiger charge is -2.03. The van der Waals surface area contributed by atoms with Gasteiger partial charge in [0.2, 0.25) is 0 Å². The van der Waals surface area contributed by atoms with Gasteiger partial charge in [0, 0.05) is 12.4 Å². The minimum Gasteiger partial charge on any atom is -0.382 e. The van der Waals surface area contributed by atoms with Gasteiger partial charge in [0.25, 0.3) is 0 Å². The lowest BCUT2D eigenvalue weighted by molar-refractivity contribution is 0.888. The molecular formula is C15H22N4. The third-order valence-electron chi connectivity index (χ3n) is 2.96. The van der Waals surface area contributed by atoms with E-state index in [1.54, 1.807) is 0 Å². The summed E-state index contributed by atoms with van der Waals surface area (Å²) in [6.07, 6.45) is 0. The summed E-state index contributed by atoms with van der Waals surface area (Å²) in [5, 5.41) is 1.09. The third-order valence-corrected chi connectivity index (χ3v) is 2.96. The molecule has 0 radical (unpaired) electrons. The normalized spacial score (nSPS) is 9.89. The highest BCUT2D eigenvalue weighted by Gasteiger charge is 2.12. The Morgan fingerprint density at radius 3 is 2.42 bits per heavy atom. The molecule has 0 aliphatic heterocycles. The van der Waals surface area contributed by atoms with Crippen molar-refractivity contribution in [3.8, 4) is 0 Å². The van der Waals surface area contributed by atoms with Gasteiger partial charge in [-0.1, -0.05) is 39.5 Å². The van der Waals surface area contributed by atoms with Crippen molar-refractivity contribution in [2.75, 3.05) is 5.73 Å². The van der Waals surface area contributed by atoms with Crippen molar-refractivity contribution in [1.29, 1.82) is 0 Å². The topological polar surface area (TPSA) is 56.7 Å². The van der Waals surface area contributed by atoms with Gasteiger partial charge in [-0.2, -0.15) is 0 Å². The van der Waals surface area contributed by atoms with E-state index in [1.165, 1.54) is 0 Å². The summed E-state index contributed by atoms with van der Waals surface area (Å²) in [5.74, 6) is 1.44.